The van der Waals surface area contributed by atoms with Crippen LogP contribution in [0.2, 0.25) is 0 Å². The first-order valence-electron chi connectivity index (χ1n) is 10.5. The highest BCUT2D eigenvalue weighted by Crippen LogP contribution is 2.38. The van der Waals surface area contributed by atoms with Crippen LogP contribution >= 0.6 is 0 Å². The number of carbonyl (C=O) groups is 1. The van der Waals surface area contributed by atoms with Gasteiger partial charge in [0.2, 0.25) is 11.5 Å². The first-order valence-corrected chi connectivity index (χ1v) is 10.5. The molecule has 6 heteroatoms. The molecular formula is C27H22N2O4. The van der Waals surface area contributed by atoms with Crippen molar-refractivity contribution in [2.75, 3.05) is 21.3 Å². The standard InChI is InChI=1S/C27H22N2O4/c1-31-24-14-17(15-25(32-2)27(24)33-3)26(30)23-10-6-9-20(28-23)16-11-12-22-19(13-16)18-7-4-5-8-21(18)29-22/h4-15,29H,1-3H3. The zero-order valence-corrected chi connectivity index (χ0v) is 18.5. The van der Waals surface area contributed by atoms with E-state index in [2.05, 4.69) is 28.2 Å². The van der Waals surface area contributed by atoms with Crippen molar-refractivity contribution in [3.63, 3.8) is 0 Å². The highest BCUT2D eigenvalue weighted by molar-refractivity contribution is 6.09. The summed E-state index contributed by atoms with van der Waals surface area (Å²) < 4.78 is 16.1. The number of fused-ring (bicyclic) bond motifs is 3. The predicted octanol–water partition coefficient (Wildman–Crippen LogP) is 5.64. The van der Waals surface area contributed by atoms with E-state index in [0.717, 1.165) is 33.1 Å². The van der Waals surface area contributed by atoms with Crippen molar-refractivity contribution >= 4 is 27.6 Å². The van der Waals surface area contributed by atoms with Gasteiger partial charge in [0.15, 0.2) is 11.5 Å². The number of hydrogen-bond donors (Lipinski definition) is 1. The Hall–Kier alpha value is -4.32. The van der Waals surface area contributed by atoms with Crippen molar-refractivity contribution in [3.05, 3.63) is 84.1 Å². The van der Waals surface area contributed by atoms with Crippen molar-refractivity contribution in [2.24, 2.45) is 0 Å². The molecule has 164 valence electrons. The third-order valence-electron chi connectivity index (χ3n) is 5.71. The summed E-state index contributed by atoms with van der Waals surface area (Å²) in [4.78, 5) is 21.4. The van der Waals surface area contributed by atoms with E-state index in [4.69, 9.17) is 14.2 Å². The molecule has 33 heavy (non-hydrogen) atoms. The molecule has 0 amide bonds. The Kier molecular flexibility index (Phi) is 5.18. The number of nitrogens with zero attached hydrogens (tertiary/aromatic N) is 1. The number of H-pyrrole nitrogens is 1. The maximum Gasteiger partial charge on any atom is 0.211 e. The lowest BCUT2D eigenvalue weighted by Crippen LogP contribution is -2.06. The third kappa shape index (κ3) is 3.55. The summed E-state index contributed by atoms with van der Waals surface area (Å²) in [6.45, 7) is 0. The van der Waals surface area contributed by atoms with Crippen LogP contribution in [0.15, 0.2) is 72.8 Å². The molecule has 0 aliphatic heterocycles. The number of pyridine rings is 1. The lowest BCUT2D eigenvalue weighted by atomic mass is 10.0. The molecule has 3 aromatic carbocycles. The first kappa shape index (κ1) is 20.6. The molecule has 0 bridgehead atoms. The van der Waals surface area contributed by atoms with Gasteiger partial charge < -0.3 is 19.2 Å². The minimum absolute atomic E-state index is 0.232. The molecule has 6 nitrogen and oxygen atoms in total. The fourth-order valence-electron chi connectivity index (χ4n) is 4.09. The molecule has 0 aliphatic carbocycles. The molecular weight excluding hydrogens is 416 g/mol. The Morgan fingerprint density at radius 2 is 1.48 bits per heavy atom. The summed E-state index contributed by atoms with van der Waals surface area (Å²) >= 11 is 0. The highest BCUT2D eigenvalue weighted by atomic mass is 16.5. The first-order chi connectivity index (χ1) is 16.1. The molecule has 0 fully saturated rings. The Labute approximate surface area is 190 Å². The Balaban J connectivity index is 1.56. The number of benzene rings is 3. The fourth-order valence-corrected chi connectivity index (χ4v) is 4.09. The number of aromatic amines is 1. The zero-order valence-electron chi connectivity index (χ0n) is 18.5. The van der Waals surface area contributed by atoms with Gasteiger partial charge in [-0.2, -0.15) is 0 Å². The van der Waals surface area contributed by atoms with Gasteiger partial charge in [-0.1, -0.05) is 30.3 Å². The molecule has 5 aromatic rings. The summed E-state index contributed by atoms with van der Waals surface area (Å²) in [6.07, 6.45) is 0. The molecule has 1 N–H and O–H groups in total. The highest BCUT2D eigenvalue weighted by Gasteiger charge is 2.19. The number of methoxy groups -OCH3 is 3. The topological polar surface area (TPSA) is 73.4 Å². The van der Waals surface area contributed by atoms with Gasteiger partial charge in [0.25, 0.3) is 0 Å². The van der Waals surface area contributed by atoms with Crippen LogP contribution < -0.4 is 14.2 Å². The zero-order chi connectivity index (χ0) is 22.9. The molecule has 0 spiro atoms. The van der Waals surface area contributed by atoms with Crippen molar-refractivity contribution in [3.8, 4) is 28.5 Å². The van der Waals surface area contributed by atoms with Crippen LogP contribution in [0.3, 0.4) is 0 Å². The van der Waals surface area contributed by atoms with E-state index < -0.39 is 0 Å². The van der Waals surface area contributed by atoms with E-state index in [1.165, 1.54) is 21.3 Å². The average Bonchev–Trinajstić information content (AvgIpc) is 3.25. The molecule has 0 saturated carbocycles. The van der Waals surface area contributed by atoms with Gasteiger partial charge in [0.1, 0.15) is 5.69 Å². The lowest BCUT2D eigenvalue weighted by Gasteiger charge is -2.13. The number of nitrogens with one attached hydrogen (secondary N) is 1. The fraction of sp³-hybridized carbons (Fsp3) is 0.111. The summed E-state index contributed by atoms with van der Waals surface area (Å²) in [5.74, 6) is 1.04. The third-order valence-corrected chi connectivity index (χ3v) is 5.71. The second kappa shape index (κ2) is 8.31. The Morgan fingerprint density at radius 1 is 0.758 bits per heavy atom. The molecule has 0 radical (unpaired) electrons. The van der Waals surface area contributed by atoms with E-state index in [9.17, 15) is 4.79 Å². The second-order valence-corrected chi connectivity index (χ2v) is 7.58. The maximum absolute atomic E-state index is 13.3. The molecule has 2 aromatic heterocycles. The van der Waals surface area contributed by atoms with E-state index in [1.807, 2.05) is 36.4 Å². The summed E-state index contributed by atoms with van der Waals surface area (Å²) in [5.41, 5.74) is 4.54. The number of para-hydroxylation sites is 1. The number of ketones is 1. The van der Waals surface area contributed by atoms with Gasteiger partial charge in [-0.3, -0.25) is 4.79 Å². The van der Waals surface area contributed by atoms with E-state index in [0.29, 0.717) is 28.5 Å². The van der Waals surface area contributed by atoms with Gasteiger partial charge in [-0.25, -0.2) is 4.98 Å². The van der Waals surface area contributed by atoms with Gasteiger partial charge >= 0.3 is 0 Å². The van der Waals surface area contributed by atoms with E-state index in [-0.39, 0.29) is 5.78 Å². The molecule has 0 atom stereocenters. The monoisotopic (exact) mass is 438 g/mol. The number of hydrogen-bond acceptors (Lipinski definition) is 5. The van der Waals surface area contributed by atoms with E-state index in [1.54, 1.807) is 18.2 Å². The van der Waals surface area contributed by atoms with Gasteiger partial charge in [-0.15, -0.1) is 0 Å². The van der Waals surface area contributed by atoms with Crippen LogP contribution in [0.4, 0.5) is 0 Å². The summed E-state index contributed by atoms with van der Waals surface area (Å²) in [5, 5.41) is 2.27. The molecule has 0 aliphatic rings. The lowest BCUT2D eigenvalue weighted by molar-refractivity contribution is 0.103. The van der Waals surface area contributed by atoms with Crippen molar-refractivity contribution < 1.29 is 19.0 Å². The smallest absolute Gasteiger partial charge is 0.211 e. The Bertz CT molecular complexity index is 1480. The van der Waals surface area contributed by atoms with Crippen molar-refractivity contribution in [1.82, 2.24) is 9.97 Å². The summed E-state index contributed by atoms with van der Waals surface area (Å²) in [6, 6.07) is 23.1. The van der Waals surface area contributed by atoms with Crippen LogP contribution in [0.5, 0.6) is 17.2 Å². The minimum Gasteiger partial charge on any atom is -0.493 e. The number of ether oxygens (including phenoxy) is 3. The SMILES string of the molecule is COc1cc(C(=O)c2cccc(-c3ccc4[nH]c5ccccc5c4c3)n2)cc(OC)c1OC. The average molecular weight is 438 g/mol. The minimum atomic E-state index is -0.232. The van der Waals surface area contributed by atoms with Crippen molar-refractivity contribution in [1.29, 1.82) is 0 Å². The summed E-state index contributed by atoms with van der Waals surface area (Å²) in [7, 11) is 4.56. The van der Waals surface area contributed by atoms with Crippen LogP contribution in [0, 0.1) is 0 Å². The molecule has 0 unspecified atom stereocenters. The molecule has 2 heterocycles. The van der Waals surface area contributed by atoms with Crippen molar-refractivity contribution in [2.45, 2.75) is 0 Å². The van der Waals surface area contributed by atoms with E-state index >= 15 is 0 Å². The maximum atomic E-state index is 13.3. The van der Waals surface area contributed by atoms with Crippen LogP contribution in [-0.2, 0) is 0 Å². The number of rotatable bonds is 6. The van der Waals surface area contributed by atoms with Crippen LogP contribution in [0.25, 0.3) is 33.1 Å². The number of carbonyl (C=O) groups excluding carboxylic acids is 1. The normalized spacial score (nSPS) is 11.0. The predicted molar refractivity (Wildman–Crippen MR) is 129 cm³/mol. The molecule has 5 rings (SSSR count). The van der Waals surface area contributed by atoms with Crippen LogP contribution in [0.1, 0.15) is 16.1 Å². The number of aromatic nitrogens is 2. The quantitative estimate of drug-likeness (QED) is 0.347. The largest absolute Gasteiger partial charge is 0.493 e. The second-order valence-electron chi connectivity index (χ2n) is 7.58. The van der Waals surface area contributed by atoms with Crippen LogP contribution in [-0.4, -0.2) is 37.1 Å². The Morgan fingerprint density at radius 3 is 2.21 bits per heavy atom. The van der Waals surface area contributed by atoms with Gasteiger partial charge in [0.05, 0.1) is 27.0 Å². The van der Waals surface area contributed by atoms with Gasteiger partial charge in [-0.05, 0) is 42.5 Å². The van der Waals surface area contributed by atoms with Gasteiger partial charge in [0, 0.05) is 32.9 Å². The molecule has 0 saturated heterocycles.